The molecule has 3 aliphatic rings. The maximum Gasteiger partial charge on any atom is 0.243 e. The van der Waals surface area contributed by atoms with E-state index in [1.807, 2.05) is 0 Å². The van der Waals surface area contributed by atoms with Gasteiger partial charge in [-0.05, 0) is 63.0 Å². The second-order valence-corrected chi connectivity index (χ2v) is 11.9. The summed E-state index contributed by atoms with van der Waals surface area (Å²) in [5.41, 5.74) is 0. The van der Waals surface area contributed by atoms with Crippen LogP contribution in [0.1, 0.15) is 38.5 Å². The molecule has 3 fully saturated rings. The Morgan fingerprint density at radius 1 is 1.11 bits per heavy atom. The summed E-state index contributed by atoms with van der Waals surface area (Å²) in [6.45, 7) is 3.74. The fraction of sp³-hybridized carbons (Fsp3) is 0.708. The predicted molar refractivity (Wildman–Crippen MR) is 132 cm³/mol. The van der Waals surface area contributed by atoms with E-state index in [1.54, 1.807) is 0 Å². The average molecular weight is 530 g/mol. The van der Waals surface area contributed by atoms with Crippen LogP contribution in [-0.2, 0) is 24.3 Å². The smallest absolute Gasteiger partial charge is 0.243 e. The van der Waals surface area contributed by atoms with Gasteiger partial charge in [0.15, 0.2) is 0 Å². The van der Waals surface area contributed by atoms with Gasteiger partial charge in [-0.15, -0.1) is 0 Å². The summed E-state index contributed by atoms with van der Waals surface area (Å²) in [7, 11) is -3.89. The summed E-state index contributed by atoms with van der Waals surface area (Å²) in [5.74, 6) is -0.0571. The van der Waals surface area contributed by atoms with Crippen molar-refractivity contribution in [2.24, 2.45) is 0 Å². The van der Waals surface area contributed by atoms with E-state index < -0.39 is 28.3 Å². The molecule has 35 heavy (non-hydrogen) atoms. The number of β-amino-alcohol motifs (C(OH)–C–C–N with tert-alkyl or cyclic N) is 1. The lowest BCUT2D eigenvalue weighted by molar-refractivity contribution is -0.146. The molecule has 3 heterocycles. The first-order valence-corrected chi connectivity index (χ1v) is 14.3. The first kappa shape index (κ1) is 26.8. The lowest BCUT2D eigenvalue weighted by atomic mass is 9.96. The van der Waals surface area contributed by atoms with E-state index in [9.17, 15) is 18.3 Å². The highest BCUT2D eigenvalue weighted by Gasteiger charge is 2.43. The van der Waals surface area contributed by atoms with Crippen LogP contribution in [0.4, 0.5) is 0 Å². The maximum absolute atomic E-state index is 13.5. The molecule has 1 aromatic rings. The van der Waals surface area contributed by atoms with Crippen LogP contribution in [0.2, 0.25) is 5.02 Å². The lowest BCUT2D eigenvalue weighted by Crippen LogP contribution is -2.57. The van der Waals surface area contributed by atoms with Gasteiger partial charge in [-0.1, -0.05) is 18.0 Å². The Hall–Kier alpha value is -1.27. The molecule has 0 radical (unpaired) electrons. The van der Waals surface area contributed by atoms with Crippen LogP contribution in [0, 0.1) is 0 Å². The fourth-order valence-corrected chi connectivity index (χ4v) is 6.97. The van der Waals surface area contributed by atoms with E-state index in [-0.39, 0.29) is 43.1 Å². The van der Waals surface area contributed by atoms with Gasteiger partial charge >= 0.3 is 0 Å². The molecule has 1 aromatic carbocycles. The number of ether oxygens (including phenoxy) is 2. The number of sulfonamides is 1. The molecule has 4 rings (SSSR count). The normalized spacial score (nSPS) is 29.1. The summed E-state index contributed by atoms with van der Waals surface area (Å²) in [6, 6.07) is 5.51. The van der Waals surface area contributed by atoms with Crippen molar-refractivity contribution >= 4 is 27.5 Å². The van der Waals surface area contributed by atoms with Crippen LogP contribution >= 0.6 is 11.6 Å². The van der Waals surface area contributed by atoms with Gasteiger partial charge in [-0.25, -0.2) is 8.42 Å². The van der Waals surface area contributed by atoms with Crippen LogP contribution in [0.3, 0.4) is 0 Å². The number of halogens is 1. The topological polar surface area (TPSA) is 108 Å². The summed E-state index contributed by atoms with van der Waals surface area (Å²) < 4.78 is 40.1. The molecule has 0 bridgehead atoms. The lowest BCUT2D eigenvalue weighted by Gasteiger charge is -2.43. The zero-order valence-electron chi connectivity index (χ0n) is 20.0. The third kappa shape index (κ3) is 7.15. The molecule has 0 aliphatic carbocycles. The number of aliphatic hydroxyl groups excluding tert-OH is 1. The zero-order chi connectivity index (χ0) is 24.8. The standard InChI is InChI=1S/C24H36ClN3O6S/c25-18-4-7-21(8-5-18)35(31,32)28-15-19(29)16-33-17-23-22(28)9-6-20(34-23)14-24(30)26-10-13-27-11-2-1-3-12-27/h4-5,7-8,19-20,22-23,29H,1-3,6,9-17H2,(H,26,30)/t19-,20-,22+,23-/m1/s1. The Kier molecular flexibility index (Phi) is 9.42. The number of hydrogen-bond acceptors (Lipinski definition) is 7. The van der Waals surface area contributed by atoms with Gasteiger partial charge in [0, 0.05) is 24.7 Å². The van der Waals surface area contributed by atoms with Crippen LogP contribution in [0.5, 0.6) is 0 Å². The molecule has 4 atom stereocenters. The van der Waals surface area contributed by atoms with Crippen molar-refractivity contribution in [1.29, 1.82) is 0 Å². The number of amides is 1. The predicted octanol–water partition coefficient (Wildman–Crippen LogP) is 1.63. The van der Waals surface area contributed by atoms with Gasteiger partial charge in [0.25, 0.3) is 0 Å². The highest BCUT2D eigenvalue weighted by Crippen LogP contribution is 2.31. The number of carbonyl (C=O) groups excluding carboxylic acids is 1. The number of nitrogens with zero attached hydrogens (tertiary/aromatic N) is 2. The molecule has 9 nitrogen and oxygen atoms in total. The quantitative estimate of drug-likeness (QED) is 0.552. The molecule has 0 spiro atoms. The number of carbonyl (C=O) groups is 1. The van der Waals surface area contributed by atoms with E-state index >= 15 is 0 Å². The first-order valence-electron chi connectivity index (χ1n) is 12.5. The summed E-state index contributed by atoms with van der Waals surface area (Å²) in [5, 5.41) is 13.8. The van der Waals surface area contributed by atoms with Crippen LogP contribution in [0.15, 0.2) is 29.2 Å². The largest absolute Gasteiger partial charge is 0.389 e. The van der Waals surface area contributed by atoms with Crippen molar-refractivity contribution in [1.82, 2.24) is 14.5 Å². The Morgan fingerprint density at radius 3 is 2.60 bits per heavy atom. The second-order valence-electron chi connectivity index (χ2n) is 9.62. The van der Waals surface area contributed by atoms with Crippen molar-refractivity contribution in [3.8, 4) is 0 Å². The molecule has 1 amide bonds. The van der Waals surface area contributed by atoms with Gasteiger partial charge in [-0.3, -0.25) is 4.79 Å². The zero-order valence-corrected chi connectivity index (χ0v) is 21.6. The third-order valence-electron chi connectivity index (χ3n) is 6.97. The molecule has 2 N–H and O–H groups in total. The highest BCUT2D eigenvalue weighted by atomic mass is 35.5. The number of rotatable bonds is 7. The number of fused-ring (bicyclic) bond motifs is 1. The van der Waals surface area contributed by atoms with Gasteiger partial charge in [0.2, 0.25) is 15.9 Å². The second kappa shape index (κ2) is 12.3. The Balaban J connectivity index is 1.36. The molecule has 196 valence electrons. The summed E-state index contributed by atoms with van der Waals surface area (Å²) in [4.78, 5) is 15.0. The Morgan fingerprint density at radius 2 is 1.86 bits per heavy atom. The Labute approximate surface area is 212 Å². The van der Waals surface area contributed by atoms with Gasteiger partial charge in [0.05, 0.1) is 48.9 Å². The Bertz CT molecular complexity index is 941. The summed E-state index contributed by atoms with van der Waals surface area (Å²) in [6.07, 6.45) is 3.24. The number of benzene rings is 1. The molecular formula is C24H36ClN3O6S. The molecule has 0 aromatic heterocycles. The maximum atomic E-state index is 13.5. The van der Waals surface area contributed by atoms with Crippen molar-refractivity contribution in [2.75, 3.05) is 45.9 Å². The monoisotopic (exact) mass is 529 g/mol. The van der Waals surface area contributed by atoms with Crippen molar-refractivity contribution < 1.29 is 27.8 Å². The minimum Gasteiger partial charge on any atom is -0.389 e. The molecular weight excluding hydrogens is 494 g/mol. The van der Waals surface area contributed by atoms with E-state index in [0.717, 1.165) is 19.6 Å². The van der Waals surface area contributed by atoms with Gasteiger partial charge < -0.3 is 24.8 Å². The van der Waals surface area contributed by atoms with Crippen LogP contribution in [0.25, 0.3) is 0 Å². The van der Waals surface area contributed by atoms with Crippen LogP contribution in [-0.4, -0.2) is 98.9 Å². The van der Waals surface area contributed by atoms with Gasteiger partial charge in [-0.2, -0.15) is 4.31 Å². The molecule has 0 unspecified atom stereocenters. The van der Waals surface area contributed by atoms with E-state index in [2.05, 4.69) is 10.2 Å². The first-order chi connectivity index (χ1) is 16.8. The van der Waals surface area contributed by atoms with Crippen molar-refractivity contribution in [3.05, 3.63) is 29.3 Å². The number of piperidine rings is 1. The third-order valence-corrected chi connectivity index (χ3v) is 9.12. The van der Waals surface area contributed by atoms with Crippen LogP contribution < -0.4 is 5.32 Å². The molecule has 3 saturated heterocycles. The number of nitrogens with one attached hydrogen (secondary N) is 1. The molecule has 11 heteroatoms. The minimum atomic E-state index is -3.89. The van der Waals surface area contributed by atoms with Crippen molar-refractivity contribution in [3.63, 3.8) is 0 Å². The number of likely N-dealkylation sites (tertiary alicyclic amines) is 1. The van der Waals surface area contributed by atoms with Gasteiger partial charge in [0.1, 0.15) is 0 Å². The number of aliphatic hydroxyl groups is 1. The number of hydrogen-bond donors (Lipinski definition) is 2. The summed E-state index contributed by atoms with van der Waals surface area (Å²) >= 11 is 5.94. The van der Waals surface area contributed by atoms with E-state index in [0.29, 0.717) is 24.4 Å². The van der Waals surface area contributed by atoms with E-state index in [1.165, 1.54) is 47.8 Å². The minimum absolute atomic E-state index is 0.0148. The molecule has 0 saturated carbocycles. The van der Waals surface area contributed by atoms with Crippen molar-refractivity contribution in [2.45, 2.75) is 67.8 Å². The highest BCUT2D eigenvalue weighted by molar-refractivity contribution is 7.89. The average Bonchev–Trinajstić information content (AvgIpc) is 2.83. The van der Waals surface area contributed by atoms with E-state index in [4.69, 9.17) is 21.1 Å². The SMILES string of the molecule is O=C(C[C@H]1CC[C@H]2[C@@H](COC[C@H](O)CN2S(=O)(=O)c2ccc(Cl)cc2)O1)NCCN1CCCCC1. The molecule has 3 aliphatic heterocycles. The fourth-order valence-electron chi connectivity index (χ4n) is 5.13.